The molecule has 82 valence electrons. The molecule has 3 nitrogen and oxygen atoms in total. The van der Waals surface area contributed by atoms with Crippen LogP contribution in [0.1, 0.15) is 28.3 Å². The molecule has 0 radical (unpaired) electrons. The van der Waals surface area contributed by atoms with Gasteiger partial charge in [0.2, 0.25) is 0 Å². The molecule has 1 unspecified atom stereocenters. The van der Waals surface area contributed by atoms with Gasteiger partial charge in [0, 0.05) is 12.2 Å². The first-order valence-corrected chi connectivity index (χ1v) is 5.96. The SMILES string of the molecule is CCOC(SC)c1ccccc1C(=O)O. The third-order valence-corrected chi connectivity index (χ3v) is 2.80. The summed E-state index contributed by atoms with van der Waals surface area (Å²) < 4.78 is 5.47. The van der Waals surface area contributed by atoms with Crippen molar-refractivity contribution in [1.82, 2.24) is 0 Å². The number of thioether (sulfide) groups is 1. The number of rotatable bonds is 5. The summed E-state index contributed by atoms with van der Waals surface area (Å²) in [6.07, 6.45) is 1.90. The highest BCUT2D eigenvalue weighted by molar-refractivity contribution is 7.98. The van der Waals surface area contributed by atoms with Crippen LogP contribution in [0.5, 0.6) is 0 Å². The Labute approximate surface area is 93.4 Å². The second kappa shape index (κ2) is 5.78. The molecule has 0 heterocycles. The second-order valence-electron chi connectivity index (χ2n) is 2.92. The first kappa shape index (κ1) is 12.1. The molecule has 0 spiro atoms. The van der Waals surface area contributed by atoms with Crippen LogP contribution in [0.4, 0.5) is 0 Å². The van der Waals surface area contributed by atoms with Gasteiger partial charge < -0.3 is 9.84 Å². The normalized spacial score (nSPS) is 12.4. The summed E-state index contributed by atoms with van der Waals surface area (Å²) >= 11 is 1.49. The van der Waals surface area contributed by atoms with E-state index in [0.717, 1.165) is 5.56 Å². The molecule has 15 heavy (non-hydrogen) atoms. The van der Waals surface area contributed by atoms with E-state index in [1.807, 2.05) is 19.2 Å². The summed E-state index contributed by atoms with van der Waals surface area (Å²) in [5, 5.41) is 9.01. The van der Waals surface area contributed by atoms with Gasteiger partial charge in [-0.1, -0.05) is 18.2 Å². The number of benzene rings is 1. The molecule has 1 N–H and O–H groups in total. The molecule has 0 saturated heterocycles. The van der Waals surface area contributed by atoms with E-state index in [1.54, 1.807) is 18.2 Å². The summed E-state index contributed by atoms with van der Waals surface area (Å²) in [5.74, 6) is -0.913. The van der Waals surface area contributed by atoms with Gasteiger partial charge in [0.05, 0.1) is 5.56 Å². The maximum atomic E-state index is 11.0. The maximum Gasteiger partial charge on any atom is 0.336 e. The minimum Gasteiger partial charge on any atom is -0.478 e. The predicted molar refractivity (Wildman–Crippen MR) is 61.3 cm³/mol. The lowest BCUT2D eigenvalue weighted by Gasteiger charge is -2.16. The minimum absolute atomic E-state index is 0.206. The van der Waals surface area contributed by atoms with Crippen molar-refractivity contribution in [2.75, 3.05) is 12.9 Å². The van der Waals surface area contributed by atoms with Gasteiger partial charge in [0.25, 0.3) is 0 Å². The zero-order chi connectivity index (χ0) is 11.3. The standard InChI is InChI=1S/C11H14O3S/c1-3-14-11(15-2)9-7-5-4-6-8(9)10(12)13/h4-7,11H,3H2,1-2H3,(H,12,13). The van der Waals surface area contributed by atoms with E-state index in [-0.39, 0.29) is 5.44 Å². The fourth-order valence-electron chi connectivity index (χ4n) is 1.33. The molecule has 0 saturated carbocycles. The van der Waals surface area contributed by atoms with Crippen LogP contribution in [0.15, 0.2) is 24.3 Å². The summed E-state index contributed by atoms with van der Waals surface area (Å²) in [6.45, 7) is 2.46. The zero-order valence-electron chi connectivity index (χ0n) is 8.77. The molecule has 1 aromatic rings. The quantitative estimate of drug-likeness (QED) is 0.784. The van der Waals surface area contributed by atoms with E-state index < -0.39 is 5.97 Å². The summed E-state index contributed by atoms with van der Waals surface area (Å²) in [6, 6.07) is 6.93. The number of carboxylic acids is 1. The van der Waals surface area contributed by atoms with E-state index in [0.29, 0.717) is 12.2 Å². The maximum absolute atomic E-state index is 11.0. The van der Waals surface area contributed by atoms with Crippen molar-refractivity contribution < 1.29 is 14.6 Å². The van der Waals surface area contributed by atoms with Crippen molar-refractivity contribution in [3.63, 3.8) is 0 Å². The van der Waals surface area contributed by atoms with Crippen LogP contribution in [-0.2, 0) is 4.74 Å². The van der Waals surface area contributed by atoms with E-state index in [9.17, 15) is 4.79 Å². The average molecular weight is 226 g/mol. The number of ether oxygens (including phenoxy) is 1. The lowest BCUT2D eigenvalue weighted by atomic mass is 10.1. The Hall–Kier alpha value is -1.00. The topological polar surface area (TPSA) is 46.5 Å². The van der Waals surface area contributed by atoms with E-state index in [2.05, 4.69) is 0 Å². The zero-order valence-corrected chi connectivity index (χ0v) is 9.58. The number of carboxylic acid groups (broad SMARTS) is 1. The van der Waals surface area contributed by atoms with Gasteiger partial charge in [-0.2, -0.15) is 0 Å². The van der Waals surface area contributed by atoms with Crippen LogP contribution >= 0.6 is 11.8 Å². The lowest BCUT2D eigenvalue weighted by Crippen LogP contribution is -2.07. The summed E-state index contributed by atoms with van der Waals surface area (Å²) in [5.41, 5.74) is 0.826. The largest absolute Gasteiger partial charge is 0.478 e. The van der Waals surface area contributed by atoms with Crippen molar-refractivity contribution in [3.8, 4) is 0 Å². The molecular weight excluding hydrogens is 212 g/mol. The molecule has 1 aromatic carbocycles. The Kier molecular flexibility index (Phi) is 4.65. The van der Waals surface area contributed by atoms with Crippen LogP contribution in [0.2, 0.25) is 0 Å². The van der Waals surface area contributed by atoms with Crippen molar-refractivity contribution in [2.45, 2.75) is 12.4 Å². The molecule has 0 amide bonds. The lowest BCUT2D eigenvalue weighted by molar-refractivity contribution is 0.0687. The Bertz CT molecular complexity index is 338. The third-order valence-electron chi connectivity index (χ3n) is 1.98. The van der Waals surface area contributed by atoms with Crippen LogP contribution in [-0.4, -0.2) is 23.9 Å². The third kappa shape index (κ3) is 2.97. The monoisotopic (exact) mass is 226 g/mol. The molecule has 0 aromatic heterocycles. The molecule has 4 heteroatoms. The Morgan fingerprint density at radius 1 is 1.53 bits per heavy atom. The number of aromatic carboxylic acids is 1. The van der Waals surface area contributed by atoms with Crippen LogP contribution in [0.25, 0.3) is 0 Å². The first-order chi connectivity index (χ1) is 7.20. The highest BCUT2D eigenvalue weighted by Gasteiger charge is 2.17. The van der Waals surface area contributed by atoms with Gasteiger partial charge >= 0.3 is 5.97 Å². The van der Waals surface area contributed by atoms with Crippen LogP contribution < -0.4 is 0 Å². The van der Waals surface area contributed by atoms with Gasteiger partial charge in [-0.3, -0.25) is 0 Å². The number of hydrogen-bond acceptors (Lipinski definition) is 3. The molecular formula is C11H14O3S. The number of hydrogen-bond donors (Lipinski definition) is 1. The van der Waals surface area contributed by atoms with Crippen LogP contribution in [0.3, 0.4) is 0 Å². The molecule has 0 aliphatic rings. The van der Waals surface area contributed by atoms with Gasteiger partial charge in [-0.15, -0.1) is 11.8 Å². The highest BCUT2D eigenvalue weighted by Crippen LogP contribution is 2.30. The number of carbonyl (C=O) groups is 1. The van der Waals surface area contributed by atoms with Crippen molar-refractivity contribution >= 4 is 17.7 Å². The fourth-order valence-corrected chi connectivity index (χ4v) is 2.07. The predicted octanol–water partition coefficient (Wildman–Crippen LogP) is 2.78. The van der Waals surface area contributed by atoms with E-state index in [1.165, 1.54) is 11.8 Å². The molecule has 0 bridgehead atoms. The molecule has 0 fully saturated rings. The van der Waals surface area contributed by atoms with Gasteiger partial charge in [-0.05, 0) is 19.2 Å². The Balaban J connectivity index is 3.04. The van der Waals surface area contributed by atoms with Crippen molar-refractivity contribution in [1.29, 1.82) is 0 Å². The molecule has 0 aliphatic heterocycles. The summed E-state index contributed by atoms with van der Waals surface area (Å²) in [7, 11) is 0. The van der Waals surface area contributed by atoms with Gasteiger partial charge in [0.1, 0.15) is 5.44 Å². The average Bonchev–Trinajstić information content (AvgIpc) is 2.26. The van der Waals surface area contributed by atoms with E-state index in [4.69, 9.17) is 9.84 Å². The molecule has 0 aliphatic carbocycles. The minimum atomic E-state index is -0.913. The Morgan fingerprint density at radius 2 is 2.20 bits per heavy atom. The van der Waals surface area contributed by atoms with Gasteiger partial charge in [-0.25, -0.2) is 4.79 Å². The van der Waals surface area contributed by atoms with Crippen LogP contribution in [0, 0.1) is 0 Å². The second-order valence-corrected chi connectivity index (χ2v) is 3.81. The summed E-state index contributed by atoms with van der Waals surface area (Å²) in [4.78, 5) is 11.0. The van der Waals surface area contributed by atoms with Gasteiger partial charge in [0.15, 0.2) is 0 Å². The van der Waals surface area contributed by atoms with Crippen molar-refractivity contribution in [3.05, 3.63) is 35.4 Å². The smallest absolute Gasteiger partial charge is 0.336 e. The van der Waals surface area contributed by atoms with E-state index >= 15 is 0 Å². The fraction of sp³-hybridized carbons (Fsp3) is 0.364. The molecule has 1 rings (SSSR count). The Morgan fingerprint density at radius 3 is 2.73 bits per heavy atom. The highest BCUT2D eigenvalue weighted by atomic mass is 32.2. The first-order valence-electron chi connectivity index (χ1n) is 4.67. The van der Waals surface area contributed by atoms with Crippen molar-refractivity contribution in [2.24, 2.45) is 0 Å². The molecule has 1 atom stereocenters.